The molecule has 0 aliphatic heterocycles. The number of anilines is 2. The van der Waals surface area contributed by atoms with Crippen LogP contribution in [0.25, 0.3) is 0 Å². The van der Waals surface area contributed by atoms with Crippen LogP contribution in [-0.2, 0) is 0 Å². The van der Waals surface area contributed by atoms with Gasteiger partial charge >= 0.3 is 6.01 Å². The van der Waals surface area contributed by atoms with E-state index in [0.717, 1.165) is 0 Å². The average molecular weight is 273 g/mol. The minimum atomic E-state index is -0.312. The fourth-order valence-corrected chi connectivity index (χ4v) is 1.51. The molecule has 1 heterocycles. The molecule has 0 bridgehead atoms. The van der Waals surface area contributed by atoms with Crippen LogP contribution in [0.2, 0.25) is 10.0 Å². The fourth-order valence-electron chi connectivity index (χ4n) is 1.18. The zero-order valence-electron chi connectivity index (χ0n) is 8.95. The first-order valence-electron chi connectivity index (χ1n) is 4.87. The molecule has 0 spiro atoms. The minimum Gasteiger partial charge on any atom is -0.406 e. The molecule has 1 aromatic carbocycles. The quantitative estimate of drug-likeness (QED) is 0.898. The minimum absolute atomic E-state index is 0.224. The number of benzene rings is 1. The second kappa shape index (κ2) is 4.91. The molecular formula is C10H10Cl2N4O. The van der Waals surface area contributed by atoms with E-state index in [1.807, 2.05) is 0 Å². The zero-order valence-corrected chi connectivity index (χ0v) is 10.5. The van der Waals surface area contributed by atoms with Crippen molar-refractivity contribution in [1.82, 2.24) is 10.2 Å². The van der Waals surface area contributed by atoms with Gasteiger partial charge in [-0.05, 0) is 25.1 Å². The summed E-state index contributed by atoms with van der Waals surface area (Å²) in [7, 11) is 0. The van der Waals surface area contributed by atoms with Crippen molar-refractivity contribution in [1.29, 1.82) is 0 Å². The van der Waals surface area contributed by atoms with Crippen LogP contribution in [0, 0.1) is 0 Å². The van der Waals surface area contributed by atoms with E-state index < -0.39 is 0 Å². The van der Waals surface area contributed by atoms with Gasteiger partial charge in [0.25, 0.3) is 0 Å². The molecule has 2 rings (SSSR count). The Bertz CT molecular complexity index is 527. The maximum absolute atomic E-state index is 5.98. The SMILES string of the molecule is CC(N)c1nnc(Nc2cc(Cl)ccc2Cl)o1. The Kier molecular flexibility index (Phi) is 3.51. The van der Waals surface area contributed by atoms with Gasteiger partial charge in [0.2, 0.25) is 5.89 Å². The monoisotopic (exact) mass is 272 g/mol. The standard InChI is InChI=1S/C10H10Cl2N4O/c1-5(13)9-15-16-10(17-9)14-8-4-6(11)2-3-7(8)12/h2-5H,13H2,1H3,(H,14,16). The average Bonchev–Trinajstić information content (AvgIpc) is 2.72. The van der Waals surface area contributed by atoms with Crippen LogP contribution in [0.3, 0.4) is 0 Å². The van der Waals surface area contributed by atoms with E-state index in [-0.39, 0.29) is 12.1 Å². The molecule has 0 saturated carbocycles. The maximum atomic E-state index is 5.98. The Morgan fingerprint density at radius 2 is 2.12 bits per heavy atom. The van der Waals surface area contributed by atoms with Gasteiger partial charge in [-0.2, -0.15) is 0 Å². The topological polar surface area (TPSA) is 77.0 Å². The third-order valence-electron chi connectivity index (χ3n) is 2.00. The number of hydrogen-bond acceptors (Lipinski definition) is 5. The molecule has 1 unspecified atom stereocenters. The normalized spacial score (nSPS) is 12.5. The molecule has 0 fully saturated rings. The lowest BCUT2D eigenvalue weighted by Gasteiger charge is -2.04. The molecule has 0 amide bonds. The molecule has 3 N–H and O–H groups in total. The smallest absolute Gasteiger partial charge is 0.320 e. The van der Waals surface area contributed by atoms with Gasteiger partial charge in [0, 0.05) is 5.02 Å². The second-order valence-electron chi connectivity index (χ2n) is 3.48. The van der Waals surface area contributed by atoms with E-state index in [4.69, 9.17) is 33.4 Å². The van der Waals surface area contributed by atoms with Crippen molar-refractivity contribution in [2.45, 2.75) is 13.0 Å². The van der Waals surface area contributed by atoms with Crippen molar-refractivity contribution >= 4 is 34.9 Å². The van der Waals surface area contributed by atoms with Gasteiger partial charge in [-0.25, -0.2) is 0 Å². The Balaban J connectivity index is 2.22. The molecule has 0 radical (unpaired) electrons. The largest absolute Gasteiger partial charge is 0.406 e. The van der Waals surface area contributed by atoms with Crippen molar-refractivity contribution < 1.29 is 4.42 Å². The van der Waals surface area contributed by atoms with E-state index in [0.29, 0.717) is 21.6 Å². The van der Waals surface area contributed by atoms with Gasteiger partial charge in [0.1, 0.15) is 0 Å². The van der Waals surface area contributed by atoms with Crippen molar-refractivity contribution in [2.75, 3.05) is 5.32 Å². The molecule has 2 aromatic rings. The highest BCUT2D eigenvalue weighted by molar-refractivity contribution is 6.35. The molecule has 1 aromatic heterocycles. The van der Waals surface area contributed by atoms with Crippen LogP contribution in [-0.4, -0.2) is 10.2 Å². The van der Waals surface area contributed by atoms with Gasteiger partial charge in [-0.15, -0.1) is 5.10 Å². The van der Waals surface area contributed by atoms with Crippen LogP contribution >= 0.6 is 23.2 Å². The van der Waals surface area contributed by atoms with Gasteiger partial charge in [0.15, 0.2) is 0 Å². The summed E-state index contributed by atoms with van der Waals surface area (Å²) in [4.78, 5) is 0. The number of nitrogens with two attached hydrogens (primary N) is 1. The summed E-state index contributed by atoms with van der Waals surface area (Å²) < 4.78 is 5.28. The molecule has 0 saturated heterocycles. The van der Waals surface area contributed by atoms with E-state index >= 15 is 0 Å². The van der Waals surface area contributed by atoms with Crippen molar-refractivity contribution in [2.24, 2.45) is 5.73 Å². The molecule has 1 atom stereocenters. The lowest BCUT2D eigenvalue weighted by molar-refractivity contribution is 0.475. The summed E-state index contributed by atoms with van der Waals surface area (Å²) in [6, 6.07) is 4.94. The van der Waals surface area contributed by atoms with Crippen molar-refractivity contribution in [3.05, 3.63) is 34.1 Å². The molecule has 90 valence electrons. The first-order valence-corrected chi connectivity index (χ1v) is 5.63. The summed E-state index contributed by atoms with van der Waals surface area (Å²) in [6.07, 6.45) is 0. The molecule has 0 aliphatic rings. The number of nitrogens with one attached hydrogen (secondary N) is 1. The number of halogens is 2. The third-order valence-corrected chi connectivity index (χ3v) is 2.56. The predicted molar refractivity (Wildman–Crippen MR) is 66.6 cm³/mol. The number of aromatic nitrogens is 2. The Morgan fingerprint density at radius 3 is 2.76 bits per heavy atom. The van der Waals surface area contributed by atoms with Gasteiger partial charge in [-0.1, -0.05) is 28.3 Å². The lowest BCUT2D eigenvalue weighted by Crippen LogP contribution is -2.04. The van der Waals surface area contributed by atoms with Crippen LogP contribution in [0.1, 0.15) is 18.9 Å². The highest BCUT2D eigenvalue weighted by atomic mass is 35.5. The molecule has 17 heavy (non-hydrogen) atoms. The van der Waals surface area contributed by atoms with Crippen LogP contribution < -0.4 is 11.1 Å². The zero-order chi connectivity index (χ0) is 12.4. The summed E-state index contributed by atoms with van der Waals surface area (Å²) in [6.45, 7) is 1.75. The van der Waals surface area contributed by atoms with Crippen LogP contribution in [0.5, 0.6) is 0 Å². The van der Waals surface area contributed by atoms with E-state index in [2.05, 4.69) is 15.5 Å². The van der Waals surface area contributed by atoms with E-state index in [9.17, 15) is 0 Å². The number of rotatable bonds is 3. The summed E-state index contributed by atoms with van der Waals surface area (Å²) >= 11 is 11.8. The van der Waals surface area contributed by atoms with E-state index in [1.54, 1.807) is 25.1 Å². The van der Waals surface area contributed by atoms with Gasteiger partial charge in [-0.3, -0.25) is 0 Å². The molecule has 5 nitrogen and oxygen atoms in total. The molecular weight excluding hydrogens is 263 g/mol. The number of hydrogen-bond donors (Lipinski definition) is 2. The number of nitrogens with zero attached hydrogens (tertiary/aromatic N) is 2. The summed E-state index contributed by atoms with van der Waals surface area (Å²) in [5.41, 5.74) is 6.20. The fraction of sp³-hybridized carbons (Fsp3) is 0.200. The Labute approximate surface area is 108 Å². The van der Waals surface area contributed by atoms with Gasteiger partial charge in [0.05, 0.1) is 16.8 Å². The second-order valence-corrected chi connectivity index (χ2v) is 4.33. The van der Waals surface area contributed by atoms with Gasteiger partial charge < -0.3 is 15.5 Å². The van der Waals surface area contributed by atoms with Crippen LogP contribution in [0.4, 0.5) is 11.7 Å². The maximum Gasteiger partial charge on any atom is 0.320 e. The Hall–Kier alpha value is -1.30. The summed E-state index contributed by atoms with van der Waals surface area (Å²) in [5.74, 6) is 0.352. The highest BCUT2D eigenvalue weighted by Gasteiger charge is 2.11. The third kappa shape index (κ3) is 2.88. The lowest BCUT2D eigenvalue weighted by atomic mass is 10.3. The van der Waals surface area contributed by atoms with Crippen LogP contribution in [0.15, 0.2) is 22.6 Å². The first-order chi connectivity index (χ1) is 8.06. The Morgan fingerprint density at radius 1 is 1.35 bits per heavy atom. The van der Waals surface area contributed by atoms with Crippen molar-refractivity contribution in [3.8, 4) is 0 Å². The van der Waals surface area contributed by atoms with E-state index in [1.165, 1.54) is 0 Å². The summed E-state index contributed by atoms with van der Waals surface area (Å²) in [5, 5.41) is 11.5. The molecule has 7 heteroatoms. The molecule has 0 aliphatic carbocycles. The highest BCUT2D eigenvalue weighted by Crippen LogP contribution is 2.28. The predicted octanol–water partition coefficient (Wildman–Crippen LogP) is 3.14. The van der Waals surface area contributed by atoms with Crippen molar-refractivity contribution in [3.63, 3.8) is 0 Å². The first kappa shape index (κ1) is 12.2.